The molecule has 0 aliphatic heterocycles. The summed E-state index contributed by atoms with van der Waals surface area (Å²) in [7, 11) is 3.21. The molecule has 1 aromatic rings. The van der Waals surface area contributed by atoms with Crippen LogP contribution in [0.5, 0.6) is 5.75 Å². The molecule has 1 rings (SSSR count). The fourth-order valence-corrected chi connectivity index (χ4v) is 2.69. The molecular weight excluding hydrogens is 350 g/mol. The lowest BCUT2D eigenvalue weighted by molar-refractivity contribution is -0.155. The zero-order chi connectivity index (χ0) is 20.4. The summed E-state index contributed by atoms with van der Waals surface area (Å²) in [6.45, 7) is 1.85. The lowest BCUT2D eigenvalue weighted by Crippen LogP contribution is -2.50. The van der Waals surface area contributed by atoms with Crippen molar-refractivity contribution in [2.45, 2.75) is 38.6 Å². The van der Waals surface area contributed by atoms with Gasteiger partial charge in [-0.2, -0.15) is 0 Å². The normalized spacial score (nSPS) is 12.7. The molecule has 0 fully saturated rings. The van der Waals surface area contributed by atoms with Gasteiger partial charge in [-0.15, -0.1) is 0 Å². The first-order chi connectivity index (χ1) is 12.8. The van der Waals surface area contributed by atoms with E-state index in [4.69, 9.17) is 0 Å². The lowest BCUT2D eigenvalue weighted by atomic mass is 9.99. The molecule has 0 radical (unpaired) electrons. The van der Waals surface area contributed by atoms with E-state index in [2.05, 4.69) is 5.32 Å². The van der Waals surface area contributed by atoms with Crippen molar-refractivity contribution in [1.29, 1.82) is 0 Å². The molecule has 2 atom stereocenters. The highest BCUT2D eigenvalue weighted by atomic mass is 16.5. The van der Waals surface area contributed by atoms with Crippen LogP contribution in [0, 0.1) is 5.92 Å². The van der Waals surface area contributed by atoms with Crippen LogP contribution < -0.4 is 5.32 Å². The van der Waals surface area contributed by atoms with E-state index in [0.717, 1.165) is 18.4 Å². The number of hydroxylamine groups is 2. The summed E-state index contributed by atoms with van der Waals surface area (Å²) in [5.74, 6) is -1.14. The van der Waals surface area contributed by atoms with Gasteiger partial charge in [-0.1, -0.05) is 31.9 Å². The van der Waals surface area contributed by atoms with Crippen LogP contribution in [0.2, 0.25) is 0 Å². The number of aromatic hydroxyl groups is 1. The van der Waals surface area contributed by atoms with Crippen molar-refractivity contribution in [2.75, 3.05) is 20.6 Å². The number of nitrogens with one attached hydrogen (secondary N) is 1. The van der Waals surface area contributed by atoms with Gasteiger partial charge in [-0.3, -0.25) is 19.6 Å². The third-order valence-electron chi connectivity index (χ3n) is 4.24. The van der Waals surface area contributed by atoms with Crippen LogP contribution in [0.15, 0.2) is 24.3 Å². The molecule has 3 N–H and O–H groups in total. The summed E-state index contributed by atoms with van der Waals surface area (Å²) in [4.78, 5) is 37.3. The second kappa shape index (κ2) is 11.2. The summed E-state index contributed by atoms with van der Waals surface area (Å²) in [6.07, 6.45) is 2.64. The molecule has 0 aromatic heterocycles. The summed E-state index contributed by atoms with van der Waals surface area (Å²) < 4.78 is 0. The van der Waals surface area contributed by atoms with Crippen molar-refractivity contribution in [3.05, 3.63) is 29.8 Å². The summed E-state index contributed by atoms with van der Waals surface area (Å²) in [6, 6.07) is 5.63. The molecule has 150 valence electrons. The van der Waals surface area contributed by atoms with E-state index in [-0.39, 0.29) is 36.9 Å². The number of phenols is 1. The highest BCUT2D eigenvalue weighted by molar-refractivity contribution is 5.88. The summed E-state index contributed by atoms with van der Waals surface area (Å²) in [5, 5.41) is 22.1. The Bertz CT molecular complexity index is 618. The van der Waals surface area contributed by atoms with Crippen LogP contribution in [0.3, 0.4) is 0 Å². The minimum atomic E-state index is -0.787. The maximum atomic E-state index is 12.7. The van der Waals surface area contributed by atoms with Crippen LogP contribution in [-0.2, 0) is 20.8 Å². The van der Waals surface area contributed by atoms with Gasteiger partial charge in [0.2, 0.25) is 18.2 Å². The van der Waals surface area contributed by atoms with E-state index < -0.39 is 12.0 Å². The van der Waals surface area contributed by atoms with Crippen LogP contribution in [0.4, 0.5) is 0 Å². The number of amides is 3. The third-order valence-corrected chi connectivity index (χ3v) is 4.24. The van der Waals surface area contributed by atoms with Crippen molar-refractivity contribution in [3.63, 3.8) is 0 Å². The van der Waals surface area contributed by atoms with Gasteiger partial charge in [0.1, 0.15) is 11.8 Å². The topological polar surface area (TPSA) is 110 Å². The monoisotopic (exact) mass is 379 g/mol. The largest absolute Gasteiger partial charge is 0.508 e. The molecule has 8 nitrogen and oxygen atoms in total. The molecule has 0 aliphatic carbocycles. The number of hydrogen-bond donors (Lipinski definition) is 3. The van der Waals surface area contributed by atoms with Gasteiger partial charge in [0.15, 0.2) is 0 Å². The molecular formula is C19H29N3O5. The van der Waals surface area contributed by atoms with E-state index in [1.807, 2.05) is 6.92 Å². The molecule has 0 bridgehead atoms. The molecule has 8 heteroatoms. The van der Waals surface area contributed by atoms with E-state index in [9.17, 15) is 24.7 Å². The molecule has 0 saturated carbocycles. The predicted octanol–water partition coefficient (Wildman–Crippen LogP) is 1.16. The molecule has 0 spiro atoms. The number of unbranched alkanes of at least 4 members (excludes halogenated alkanes) is 1. The van der Waals surface area contributed by atoms with Crippen molar-refractivity contribution in [1.82, 2.24) is 15.3 Å². The number of phenolic OH excluding ortho intramolecular Hbond substituents is 1. The number of carbonyl (C=O) groups excluding carboxylic acids is 3. The molecule has 27 heavy (non-hydrogen) atoms. The fourth-order valence-electron chi connectivity index (χ4n) is 2.69. The van der Waals surface area contributed by atoms with Gasteiger partial charge in [0.05, 0.1) is 12.5 Å². The number of likely N-dealkylation sites (N-methyl/N-ethyl adjacent to an activating group) is 1. The molecule has 0 saturated heterocycles. The summed E-state index contributed by atoms with van der Waals surface area (Å²) >= 11 is 0. The lowest BCUT2D eigenvalue weighted by Gasteiger charge is -2.25. The molecule has 0 unspecified atom stereocenters. The molecule has 0 aliphatic rings. The zero-order valence-corrected chi connectivity index (χ0v) is 16.1. The SMILES string of the molecule is CCCC[C@H](CN(O)C=O)C(=O)N[C@@H](Cc1ccc(O)cc1)C(=O)N(C)C. The molecule has 1 aromatic carbocycles. The van der Waals surface area contributed by atoms with Crippen LogP contribution in [0.25, 0.3) is 0 Å². The van der Waals surface area contributed by atoms with Gasteiger partial charge < -0.3 is 15.3 Å². The van der Waals surface area contributed by atoms with Crippen LogP contribution in [-0.4, -0.2) is 65.2 Å². The van der Waals surface area contributed by atoms with Gasteiger partial charge in [-0.05, 0) is 24.1 Å². The smallest absolute Gasteiger partial charge is 0.244 e. The van der Waals surface area contributed by atoms with Gasteiger partial charge in [0, 0.05) is 20.5 Å². The zero-order valence-electron chi connectivity index (χ0n) is 16.1. The first-order valence-electron chi connectivity index (χ1n) is 8.98. The number of benzene rings is 1. The first-order valence-corrected chi connectivity index (χ1v) is 8.98. The predicted molar refractivity (Wildman–Crippen MR) is 100 cm³/mol. The second-order valence-corrected chi connectivity index (χ2v) is 6.73. The van der Waals surface area contributed by atoms with Gasteiger partial charge in [-0.25, -0.2) is 5.06 Å². The van der Waals surface area contributed by atoms with Crippen molar-refractivity contribution in [2.24, 2.45) is 5.92 Å². The maximum absolute atomic E-state index is 12.7. The standard InChI is InChI=1S/C19H29N3O5/c1-4-5-6-15(12-22(27)13-23)18(25)20-17(19(26)21(2)3)11-14-7-9-16(24)10-8-14/h7-10,13,15,17,24,27H,4-6,11-12H2,1-3H3,(H,20,25)/t15-,17+/m1/s1. The minimum absolute atomic E-state index is 0.120. The minimum Gasteiger partial charge on any atom is -0.508 e. The van der Waals surface area contributed by atoms with Crippen molar-refractivity contribution in [3.8, 4) is 5.75 Å². The molecule has 3 amide bonds. The Hall–Kier alpha value is -2.61. The van der Waals surface area contributed by atoms with Crippen molar-refractivity contribution >= 4 is 18.2 Å². The number of carbonyl (C=O) groups is 3. The van der Waals surface area contributed by atoms with Crippen molar-refractivity contribution < 1.29 is 24.7 Å². The Morgan fingerprint density at radius 1 is 1.22 bits per heavy atom. The highest BCUT2D eigenvalue weighted by Crippen LogP contribution is 2.14. The summed E-state index contributed by atoms with van der Waals surface area (Å²) in [5.41, 5.74) is 0.787. The van der Waals surface area contributed by atoms with Gasteiger partial charge in [0.25, 0.3) is 0 Å². The number of nitrogens with zero attached hydrogens (tertiary/aromatic N) is 2. The maximum Gasteiger partial charge on any atom is 0.244 e. The average Bonchev–Trinajstić information content (AvgIpc) is 2.65. The average molecular weight is 379 g/mol. The number of hydrogen-bond acceptors (Lipinski definition) is 5. The Balaban J connectivity index is 2.92. The van der Waals surface area contributed by atoms with Gasteiger partial charge >= 0.3 is 0 Å². The fraction of sp³-hybridized carbons (Fsp3) is 0.526. The Labute approximate surface area is 159 Å². The van der Waals surface area contributed by atoms with E-state index in [1.165, 1.54) is 17.0 Å². The van der Waals surface area contributed by atoms with Crippen LogP contribution >= 0.6 is 0 Å². The Morgan fingerprint density at radius 2 is 1.85 bits per heavy atom. The highest BCUT2D eigenvalue weighted by Gasteiger charge is 2.27. The van der Waals surface area contributed by atoms with Crippen LogP contribution in [0.1, 0.15) is 31.7 Å². The Morgan fingerprint density at radius 3 is 2.37 bits per heavy atom. The Kier molecular flexibility index (Phi) is 9.29. The number of rotatable bonds is 11. The third kappa shape index (κ3) is 7.65. The second-order valence-electron chi connectivity index (χ2n) is 6.73. The molecule has 0 heterocycles. The first kappa shape index (κ1) is 22.4. The van der Waals surface area contributed by atoms with E-state index in [1.54, 1.807) is 26.2 Å². The van der Waals surface area contributed by atoms with E-state index in [0.29, 0.717) is 11.5 Å². The quantitative estimate of drug-likeness (QED) is 0.304. The van der Waals surface area contributed by atoms with E-state index >= 15 is 0 Å².